The molecule has 0 N–H and O–H groups in total. The van der Waals surface area contributed by atoms with Gasteiger partial charge in [-0.3, -0.25) is 9.69 Å². The summed E-state index contributed by atoms with van der Waals surface area (Å²) in [7, 11) is 0. The largest absolute Gasteiger partial charge is 0.475 e. The summed E-state index contributed by atoms with van der Waals surface area (Å²) in [6.45, 7) is 4.45. The molecule has 1 aromatic heterocycles. The molecular weight excluding hydrogens is 410 g/mol. The molecule has 0 radical (unpaired) electrons. The molecule has 1 unspecified atom stereocenters. The molecule has 0 spiro atoms. The fourth-order valence-electron chi connectivity index (χ4n) is 5.06. The van der Waals surface area contributed by atoms with E-state index in [0.29, 0.717) is 16.9 Å². The Balaban J connectivity index is 0.00000272. The Bertz CT molecular complexity index is 869. The summed E-state index contributed by atoms with van der Waals surface area (Å²) in [6, 6.07) is 7.53. The maximum Gasteiger partial charge on any atom is 0.193 e. The van der Waals surface area contributed by atoms with Crippen LogP contribution < -0.4 is 10.2 Å². The number of nitrogens with zero attached hydrogens (tertiary/aromatic N) is 1. The Labute approximate surface area is 192 Å². The molecule has 1 aromatic carbocycles. The maximum absolute atomic E-state index is 12.9. The summed E-state index contributed by atoms with van der Waals surface area (Å²) in [4.78, 5) is 15.4. The first kappa shape index (κ1) is 24.1. The molecular formula is C26H38ClNO3. The number of likely N-dealkylation sites (tertiary alicyclic amines) is 1. The van der Waals surface area contributed by atoms with Gasteiger partial charge in [-0.2, -0.15) is 0 Å². The predicted molar refractivity (Wildman–Crippen MR) is 130 cm³/mol. The Morgan fingerprint density at radius 3 is 2.52 bits per heavy atom. The molecule has 2 aromatic rings. The summed E-state index contributed by atoms with van der Waals surface area (Å²) in [5.74, 6) is 2.05. The van der Waals surface area contributed by atoms with E-state index in [-0.39, 0.29) is 24.1 Å². The Hall–Kier alpha value is -1.52. The Kier molecular flexibility index (Phi) is 9.28. The van der Waals surface area contributed by atoms with E-state index in [1.807, 2.05) is 18.2 Å². The van der Waals surface area contributed by atoms with E-state index >= 15 is 0 Å². The first-order valence-corrected chi connectivity index (χ1v) is 12.2. The van der Waals surface area contributed by atoms with Crippen molar-refractivity contribution in [2.45, 2.75) is 96.1 Å². The van der Waals surface area contributed by atoms with Crippen LogP contribution in [-0.2, 0) is 0 Å². The molecule has 0 bridgehead atoms. The van der Waals surface area contributed by atoms with Crippen LogP contribution in [0.5, 0.6) is 5.75 Å². The average molecular weight is 448 g/mol. The van der Waals surface area contributed by atoms with Crippen molar-refractivity contribution in [1.29, 1.82) is 0 Å². The van der Waals surface area contributed by atoms with Gasteiger partial charge in [0.15, 0.2) is 11.7 Å². The fraction of sp³-hybridized carbons (Fsp3) is 0.654. The van der Waals surface area contributed by atoms with Crippen molar-refractivity contribution in [3.8, 4) is 5.75 Å². The van der Waals surface area contributed by atoms with E-state index < -0.39 is 0 Å². The number of halogens is 1. The van der Waals surface area contributed by atoms with Crippen molar-refractivity contribution in [1.82, 2.24) is 4.90 Å². The molecule has 5 heteroatoms. The maximum atomic E-state index is 12.9. The van der Waals surface area contributed by atoms with Gasteiger partial charge >= 0.3 is 0 Å². The molecule has 2 fully saturated rings. The van der Waals surface area contributed by atoms with Gasteiger partial charge in [0.25, 0.3) is 0 Å². The number of ether oxygens (including phenoxy) is 1. The van der Waals surface area contributed by atoms with E-state index in [1.165, 1.54) is 57.8 Å². The van der Waals surface area contributed by atoms with E-state index in [0.717, 1.165) is 43.9 Å². The van der Waals surface area contributed by atoms with Crippen LogP contribution in [0.1, 0.15) is 95.7 Å². The molecule has 4 nitrogen and oxygen atoms in total. The van der Waals surface area contributed by atoms with Crippen LogP contribution in [-0.4, -0.2) is 24.2 Å². The lowest BCUT2D eigenvalue weighted by Crippen LogP contribution is -2.42. The van der Waals surface area contributed by atoms with Crippen LogP contribution in [0.3, 0.4) is 0 Å². The van der Waals surface area contributed by atoms with Gasteiger partial charge in [-0.25, -0.2) is 0 Å². The highest BCUT2D eigenvalue weighted by atomic mass is 35.5. The molecule has 0 amide bonds. The van der Waals surface area contributed by atoms with Crippen molar-refractivity contribution in [2.75, 3.05) is 13.1 Å². The van der Waals surface area contributed by atoms with E-state index in [4.69, 9.17) is 9.15 Å². The second-order valence-electron chi connectivity index (χ2n) is 9.17. The monoisotopic (exact) mass is 447 g/mol. The van der Waals surface area contributed by atoms with Crippen LogP contribution >= 0.6 is 12.4 Å². The predicted octanol–water partition coefficient (Wildman–Crippen LogP) is 7.03. The van der Waals surface area contributed by atoms with E-state index in [9.17, 15) is 4.79 Å². The van der Waals surface area contributed by atoms with Gasteiger partial charge in [-0.1, -0.05) is 45.4 Å². The lowest BCUT2D eigenvalue weighted by Gasteiger charge is -2.34. The van der Waals surface area contributed by atoms with Gasteiger partial charge in [0.1, 0.15) is 17.1 Å². The summed E-state index contributed by atoms with van der Waals surface area (Å²) in [5, 5.41) is 0.637. The Morgan fingerprint density at radius 2 is 1.77 bits per heavy atom. The number of unbranched alkanes of at least 4 members (excludes halogenated alkanes) is 2. The number of hydrogen-bond donors (Lipinski definition) is 0. The smallest absolute Gasteiger partial charge is 0.193 e. The lowest BCUT2D eigenvalue weighted by molar-refractivity contribution is 0.00488. The minimum absolute atomic E-state index is 0. The summed E-state index contributed by atoms with van der Waals surface area (Å²) >= 11 is 0. The van der Waals surface area contributed by atoms with Crippen molar-refractivity contribution in [2.24, 2.45) is 0 Å². The van der Waals surface area contributed by atoms with E-state index in [2.05, 4.69) is 11.8 Å². The average Bonchev–Trinajstić information content (AvgIpc) is 2.80. The first-order valence-electron chi connectivity index (χ1n) is 12.2. The quantitative estimate of drug-likeness (QED) is 0.407. The highest BCUT2D eigenvalue weighted by molar-refractivity contribution is 5.85. The SMILES string of the molecule is CCCCCC(Oc1ccc2oc(C3CCCCC3)cc(=O)c2c1)N1CCCCC1.Cl. The molecule has 31 heavy (non-hydrogen) atoms. The summed E-state index contributed by atoms with van der Waals surface area (Å²) < 4.78 is 12.6. The second-order valence-corrected chi connectivity index (χ2v) is 9.17. The topological polar surface area (TPSA) is 42.7 Å². The van der Waals surface area contributed by atoms with Gasteiger partial charge in [0.2, 0.25) is 0 Å². The van der Waals surface area contributed by atoms with Gasteiger partial charge in [-0.15, -0.1) is 12.4 Å². The molecule has 1 aliphatic heterocycles. The number of piperidine rings is 1. The molecule has 2 aliphatic rings. The van der Waals surface area contributed by atoms with E-state index in [1.54, 1.807) is 6.07 Å². The molecule has 2 heterocycles. The van der Waals surface area contributed by atoms with Crippen LogP contribution in [0, 0.1) is 0 Å². The van der Waals surface area contributed by atoms with Crippen LogP contribution in [0.4, 0.5) is 0 Å². The second kappa shape index (κ2) is 11.9. The van der Waals surface area contributed by atoms with Gasteiger partial charge in [-0.05, 0) is 56.7 Å². The minimum atomic E-state index is 0. The van der Waals surface area contributed by atoms with Gasteiger partial charge in [0.05, 0.1) is 5.39 Å². The number of hydrogen-bond acceptors (Lipinski definition) is 4. The molecule has 4 rings (SSSR count). The third kappa shape index (κ3) is 6.26. The van der Waals surface area contributed by atoms with Gasteiger partial charge < -0.3 is 9.15 Å². The number of fused-ring (bicyclic) bond motifs is 1. The van der Waals surface area contributed by atoms with Crippen LogP contribution in [0.2, 0.25) is 0 Å². The summed E-state index contributed by atoms with van der Waals surface area (Å²) in [5.41, 5.74) is 0.749. The summed E-state index contributed by atoms with van der Waals surface area (Å²) in [6.07, 6.45) is 14.6. The zero-order valence-corrected chi connectivity index (χ0v) is 19.8. The number of rotatable bonds is 8. The third-order valence-electron chi connectivity index (χ3n) is 6.85. The minimum Gasteiger partial charge on any atom is -0.475 e. The zero-order chi connectivity index (χ0) is 20.8. The zero-order valence-electron chi connectivity index (χ0n) is 18.9. The normalized spacial score (nSPS) is 19.1. The number of benzene rings is 1. The third-order valence-corrected chi connectivity index (χ3v) is 6.85. The first-order chi connectivity index (χ1) is 14.7. The molecule has 1 atom stereocenters. The van der Waals surface area contributed by atoms with Crippen molar-refractivity contribution < 1.29 is 9.15 Å². The molecule has 172 valence electrons. The van der Waals surface area contributed by atoms with Crippen LogP contribution in [0.15, 0.2) is 33.5 Å². The molecule has 1 aliphatic carbocycles. The lowest BCUT2D eigenvalue weighted by atomic mass is 9.87. The molecule has 1 saturated heterocycles. The van der Waals surface area contributed by atoms with Crippen molar-refractivity contribution in [3.05, 3.63) is 40.2 Å². The Morgan fingerprint density at radius 1 is 1.03 bits per heavy atom. The van der Waals surface area contributed by atoms with Gasteiger partial charge in [0, 0.05) is 25.1 Å². The highest BCUT2D eigenvalue weighted by Gasteiger charge is 2.23. The van der Waals surface area contributed by atoms with Crippen LogP contribution in [0.25, 0.3) is 11.0 Å². The molecule has 1 saturated carbocycles. The van der Waals surface area contributed by atoms with Crippen molar-refractivity contribution in [3.63, 3.8) is 0 Å². The van der Waals surface area contributed by atoms with Crippen molar-refractivity contribution >= 4 is 23.4 Å². The fourth-order valence-corrected chi connectivity index (χ4v) is 5.06. The standard InChI is InChI=1S/C26H37NO3.ClH/c1-2-3-6-13-26(27-16-9-5-10-17-27)29-21-14-15-24-22(18-21)23(28)19-25(30-24)20-11-7-4-8-12-20;/h14-15,18-20,26H,2-13,16-17H2,1H3;1H. The highest BCUT2D eigenvalue weighted by Crippen LogP contribution is 2.33.